The molecule has 2 aromatic rings. The van der Waals surface area contributed by atoms with E-state index in [9.17, 15) is 13.5 Å². The summed E-state index contributed by atoms with van der Waals surface area (Å²) < 4.78 is 32.7. The van der Waals surface area contributed by atoms with Crippen LogP contribution in [0.5, 0.6) is 0 Å². The molecule has 170 valence electrons. The lowest BCUT2D eigenvalue weighted by atomic mass is 10.0. The number of aryl methyl sites for hydroxylation is 1. The summed E-state index contributed by atoms with van der Waals surface area (Å²) in [4.78, 5) is 2.06. The van der Waals surface area contributed by atoms with Gasteiger partial charge in [0.1, 0.15) is 0 Å². The molecule has 1 aliphatic heterocycles. The number of halogens is 1. The maximum absolute atomic E-state index is 13.2. The first-order valence-electron chi connectivity index (χ1n) is 10.1. The lowest BCUT2D eigenvalue weighted by molar-refractivity contribution is -0.213. The molecule has 1 atom stereocenters. The van der Waals surface area contributed by atoms with Crippen molar-refractivity contribution in [2.45, 2.75) is 38.6 Å². The number of amidine groups is 1. The number of likely N-dealkylation sites (N-methyl/N-ethyl adjacent to an activating group) is 1. The monoisotopic (exact) mass is 467 g/mol. The van der Waals surface area contributed by atoms with Gasteiger partial charge >= 0.3 is 10.2 Å². The molecule has 0 bridgehead atoms. The highest BCUT2D eigenvalue weighted by molar-refractivity contribution is 7.91. The van der Waals surface area contributed by atoms with Crippen molar-refractivity contribution in [3.63, 3.8) is 0 Å². The number of nitrogens with one attached hydrogen (secondary N) is 1. The van der Waals surface area contributed by atoms with Gasteiger partial charge in [-0.05, 0) is 56.1 Å². The Kier molecular flexibility index (Phi) is 7.13. The van der Waals surface area contributed by atoms with Crippen LogP contribution >= 0.6 is 11.6 Å². The SMILES string of the molecule is CC(C)c1cc(Cl)cc(N/C([O-])=N/S(=O)(=O)N(c2cnn(C)c2)C2CCCN(C)C2)c1. The van der Waals surface area contributed by atoms with Crippen LogP contribution in [0.15, 0.2) is 35.0 Å². The zero-order valence-corrected chi connectivity index (χ0v) is 19.7. The molecule has 9 nitrogen and oxygen atoms in total. The van der Waals surface area contributed by atoms with Crippen molar-refractivity contribution in [2.24, 2.45) is 11.4 Å². The van der Waals surface area contributed by atoms with E-state index in [1.165, 1.54) is 15.2 Å². The van der Waals surface area contributed by atoms with Gasteiger partial charge in [-0.1, -0.05) is 25.4 Å². The van der Waals surface area contributed by atoms with Gasteiger partial charge in [0.2, 0.25) is 0 Å². The van der Waals surface area contributed by atoms with Gasteiger partial charge in [0.25, 0.3) is 0 Å². The number of likely N-dealkylation sites (tertiary alicyclic amines) is 1. The van der Waals surface area contributed by atoms with Crippen molar-refractivity contribution >= 4 is 39.2 Å². The molecule has 1 aromatic carbocycles. The molecule has 0 radical (unpaired) electrons. The van der Waals surface area contributed by atoms with Gasteiger partial charge in [-0.25, -0.2) is 4.31 Å². The number of nitrogens with zero attached hydrogens (tertiary/aromatic N) is 5. The van der Waals surface area contributed by atoms with Crippen molar-refractivity contribution in [2.75, 3.05) is 29.8 Å². The van der Waals surface area contributed by atoms with E-state index in [2.05, 4.69) is 19.7 Å². The van der Waals surface area contributed by atoms with Crippen LogP contribution in [-0.4, -0.2) is 55.3 Å². The normalized spacial score (nSPS) is 18.4. The molecule has 0 aliphatic carbocycles. The molecular weight excluding hydrogens is 440 g/mol. The van der Waals surface area contributed by atoms with E-state index in [4.69, 9.17) is 11.6 Å². The lowest BCUT2D eigenvalue weighted by Gasteiger charge is -2.36. The summed E-state index contributed by atoms with van der Waals surface area (Å²) in [5.74, 6) is 0.194. The van der Waals surface area contributed by atoms with E-state index in [0.717, 1.165) is 18.5 Å². The number of rotatable bonds is 6. The first-order valence-corrected chi connectivity index (χ1v) is 11.9. The van der Waals surface area contributed by atoms with Crippen LogP contribution in [0.4, 0.5) is 11.4 Å². The van der Waals surface area contributed by atoms with Crippen molar-refractivity contribution in [3.05, 3.63) is 41.2 Å². The van der Waals surface area contributed by atoms with Gasteiger partial charge in [-0.2, -0.15) is 13.5 Å². The average Bonchev–Trinajstić information content (AvgIpc) is 3.06. The van der Waals surface area contributed by atoms with E-state index in [0.29, 0.717) is 29.4 Å². The Morgan fingerprint density at radius 3 is 2.71 bits per heavy atom. The summed E-state index contributed by atoms with van der Waals surface area (Å²) in [7, 11) is -0.663. The van der Waals surface area contributed by atoms with Gasteiger partial charge in [0.15, 0.2) is 0 Å². The second-order valence-electron chi connectivity index (χ2n) is 8.15. The summed E-state index contributed by atoms with van der Waals surface area (Å²) in [6.45, 7) is 5.43. The van der Waals surface area contributed by atoms with E-state index in [1.54, 1.807) is 31.4 Å². The highest BCUT2D eigenvalue weighted by atomic mass is 35.5. The molecular formula is C20H28ClN6O3S-. The van der Waals surface area contributed by atoms with Crippen molar-refractivity contribution in [1.29, 1.82) is 0 Å². The number of anilines is 2. The fourth-order valence-corrected chi connectivity index (χ4v) is 5.19. The minimum Gasteiger partial charge on any atom is -0.845 e. The number of hydrogen-bond acceptors (Lipinski definition) is 5. The third-order valence-corrected chi connectivity index (χ3v) is 6.78. The second-order valence-corrected chi connectivity index (χ2v) is 10.1. The molecule has 0 spiro atoms. The van der Waals surface area contributed by atoms with Crippen molar-refractivity contribution in [1.82, 2.24) is 14.7 Å². The van der Waals surface area contributed by atoms with Gasteiger partial charge in [0.05, 0.1) is 23.9 Å². The minimum atomic E-state index is -4.31. The number of hydrogen-bond donors (Lipinski definition) is 1. The quantitative estimate of drug-likeness (QED) is 0.515. The summed E-state index contributed by atoms with van der Waals surface area (Å²) in [6.07, 6.45) is 4.58. The van der Waals surface area contributed by atoms with E-state index < -0.39 is 16.2 Å². The van der Waals surface area contributed by atoms with E-state index in [-0.39, 0.29) is 12.0 Å². The maximum atomic E-state index is 13.2. The Morgan fingerprint density at radius 2 is 2.10 bits per heavy atom. The van der Waals surface area contributed by atoms with Crippen LogP contribution in [0.2, 0.25) is 5.02 Å². The van der Waals surface area contributed by atoms with E-state index >= 15 is 0 Å². The standard InChI is InChI=1S/C20H29ClN6O3S/c1-14(2)15-8-16(21)10-17(9-15)23-20(28)24-31(29,30)27(19-11-22-26(4)13-19)18-6-5-7-25(3)12-18/h8-11,13-14,18H,5-7,12H2,1-4H3,(H2,23,24,28)/p-1. The van der Waals surface area contributed by atoms with Crippen molar-refractivity contribution < 1.29 is 13.5 Å². The molecule has 1 fully saturated rings. The predicted molar refractivity (Wildman–Crippen MR) is 122 cm³/mol. The topological polar surface area (TPSA) is 106 Å². The zero-order chi connectivity index (χ0) is 22.8. The van der Waals surface area contributed by atoms with E-state index in [1.807, 2.05) is 20.9 Å². The molecule has 2 heterocycles. The first kappa shape index (κ1) is 23.4. The number of benzene rings is 1. The molecule has 1 aromatic heterocycles. The van der Waals surface area contributed by atoms with Crippen LogP contribution in [0, 0.1) is 0 Å². The summed E-state index contributed by atoms with van der Waals surface area (Å²) in [5.41, 5.74) is 1.70. The fourth-order valence-electron chi connectivity index (χ4n) is 3.70. The molecule has 1 unspecified atom stereocenters. The average molecular weight is 468 g/mol. The summed E-state index contributed by atoms with van der Waals surface area (Å²) >= 11 is 6.14. The molecule has 0 amide bonds. The molecule has 1 saturated heterocycles. The third-order valence-electron chi connectivity index (χ3n) is 5.16. The van der Waals surface area contributed by atoms with Crippen LogP contribution in [0.1, 0.15) is 38.2 Å². The van der Waals surface area contributed by atoms with Crippen LogP contribution in [0.3, 0.4) is 0 Å². The Balaban J connectivity index is 1.91. The highest BCUT2D eigenvalue weighted by Gasteiger charge is 2.33. The first-order chi connectivity index (χ1) is 14.5. The molecule has 31 heavy (non-hydrogen) atoms. The smallest absolute Gasteiger partial charge is 0.345 e. The highest BCUT2D eigenvalue weighted by Crippen LogP contribution is 2.27. The Bertz CT molecular complexity index is 1050. The van der Waals surface area contributed by atoms with Gasteiger partial charge in [0, 0.05) is 30.5 Å². The molecule has 0 saturated carbocycles. The van der Waals surface area contributed by atoms with Gasteiger partial charge < -0.3 is 15.3 Å². The molecule has 11 heteroatoms. The summed E-state index contributed by atoms with van der Waals surface area (Å²) in [6, 6.07) is 3.80. The van der Waals surface area contributed by atoms with Gasteiger partial charge in [-0.15, -0.1) is 4.40 Å². The molecule has 1 N–H and O–H groups in total. The Hall–Kier alpha value is -2.30. The van der Waals surface area contributed by atoms with Crippen LogP contribution < -0.4 is 14.7 Å². The minimum absolute atomic E-state index is 0.194. The molecule has 1 aliphatic rings. The summed E-state index contributed by atoms with van der Waals surface area (Å²) in [5, 5.41) is 19.6. The zero-order valence-electron chi connectivity index (χ0n) is 18.1. The Labute approximate surface area is 188 Å². The third kappa shape index (κ3) is 5.90. The second kappa shape index (κ2) is 9.46. The number of aromatic nitrogens is 2. The number of piperidine rings is 1. The largest absolute Gasteiger partial charge is 0.845 e. The fraction of sp³-hybridized carbons (Fsp3) is 0.500. The maximum Gasteiger partial charge on any atom is 0.345 e. The van der Waals surface area contributed by atoms with Crippen LogP contribution in [0.25, 0.3) is 0 Å². The van der Waals surface area contributed by atoms with Crippen molar-refractivity contribution in [3.8, 4) is 0 Å². The van der Waals surface area contributed by atoms with Gasteiger partial charge in [-0.3, -0.25) is 4.68 Å². The Morgan fingerprint density at radius 1 is 1.35 bits per heavy atom. The van der Waals surface area contributed by atoms with Crippen LogP contribution in [-0.2, 0) is 17.3 Å². The predicted octanol–water partition coefficient (Wildman–Crippen LogP) is 2.17. The molecule has 3 rings (SSSR count). The lowest BCUT2D eigenvalue weighted by Crippen LogP contribution is -2.49.